The zero-order valence-electron chi connectivity index (χ0n) is 16.4. The van der Waals surface area contributed by atoms with Crippen LogP contribution in [0.2, 0.25) is 15.2 Å². The fraction of sp³-hybridized carbons (Fsp3) is 0.0400. The predicted molar refractivity (Wildman–Crippen MR) is 129 cm³/mol. The van der Waals surface area contributed by atoms with Gasteiger partial charge in [-0.15, -0.1) is 0 Å². The van der Waals surface area contributed by atoms with E-state index in [0.717, 1.165) is 27.7 Å². The van der Waals surface area contributed by atoms with Crippen molar-refractivity contribution in [2.45, 2.75) is 6.92 Å². The Bertz CT molecular complexity index is 1390. The molecule has 1 aliphatic heterocycles. The molecule has 0 bridgehead atoms. The minimum Gasteiger partial charge on any atom is -0.273 e. The number of carbonyl (C=O) groups excluding carboxylic acids is 1. The lowest BCUT2D eigenvalue weighted by Crippen LogP contribution is -2.21. The molecule has 3 aromatic carbocycles. The van der Waals surface area contributed by atoms with E-state index in [9.17, 15) is 4.79 Å². The van der Waals surface area contributed by atoms with Crippen LogP contribution in [0.15, 0.2) is 66.7 Å². The number of hydrogen-bond acceptors (Lipinski definition) is 2. The van der Waals surface area contributed by atoms with E-state index < -0.39 is 0 Å². The van der Waals surface area contributed by atoms with Gasteiger partial charge in [0.15, 0.2) is 0 Å². The summed E-state index contributed by atoms with van der Waals surface area (Å²) >= 11 is 19.3. The minimum absolute atomic E-state index is 0.225. The van der Waals surface area contributed by atoms with Crippen molar-refractivity contribution in [3.05, 3.63) is 98.6 Å². The van der Waals surface area contributed by atoms with Crippen LogP contribution in [-0.4, -0.2) is 10.9 Å². The molecule has 0 aliphatic carbocycles. The first kappa shape index (κ1) is 20.1. The van der Waals surface area contributed by atoms with Gasteiger partial charge in [-0.1, -0.05) is 70.7 Å². The number of halogens is 3. The molecule has 0 atom stereocenters. The van der Waals surface area contributed by atoms with Gasteiger partial charge in [-0.25, -0.2) is 4.98 Å². The number of benzene rings is 3. The van der Waals surface area contributed by atoms with E-state index in [1.807, 2.05) is 55.5 Å². The molecule has 2 heterocycles. The number of anilines is 2. The number of para-hydroxylation sites is 2. The Labute approximate surface area is 194 Å². The van der Waals surface area contributed by atoms with Crippen LogP contribution in [0.4, 0.5) is 11.4 Å². The van der Waals surface area contributed by atoms with Crippen LogP contribution in [0.3, 0.4) is 0 Å². The monoisotopic (exact) mass is 464 g/mol. The molecule has 5 rings (SSSR count). The summed E-state index contributed by atoms with van der Waals surface area (Å²) in [5.74, 6) is -0.225. The third-order valence-electron chi connectivity index (χ3n) is 5.28. The lowest BCUT2D eigenvalue weighted by molar-refractivity contribution is -0.112. The van der Waals surface area contributed by atoms with Gasteiger partial charge in [-0.3, -0.25) is 9.69 Å². The van der Waals surface area contributed by atoms with E-state index in [1.165, 1.54) is 0 Å². The second-order valence-electron chi connectivity index (χ2n) is 7.35. The number of hydrogen-bond donors (Lipinski definition) is 0. The highest BCUT2D eigenvalue weighted by Gasteiger charge is 2.35. The van der Waals surface area contributed by atoms with E-state index in [-0.39, 0.29) is 5.91 Å². The van der Waals surface area contributed by atoms with Crippen LogP contribution in [0.25, 0.3) is 22.6 Å². The molecule has 152 valence electrons. The average molecular weight is 466 g/mol. The largest absolute Gasteiger partial charge is 0.273 e. The molecule has 1 aliphatic rings. The highest BCUT2D eigenvalue weighted by Crippen LogP contribution is 2.47. The van der Waals surface area contributed by atoms with Crippen molar-refractivity contribution in [1.29, 1.82) is 0 Å². The number of aromatic nitrogens is 1. The van der Waals surface area contributed by atoms with Crippen molar-refractivity contribution in [3.63, 3.8) is 0 Å². The van der Waals surface area contributed by atoms with Crippen LogP contribution in [-0.2, 0) is 4.79 Å². The summed E-state index contributed by atoms with van der Waals surface area (Å²) in [5, 5.41) is 2.10. The maximum atomic E-state index is 13.6. The molecular weight excluding hydrogens is 451 g/mol. The van der Waals surface area contributed by atoms with Gasteiger partial charge in [0.1, 0.15) is 5.15 Å². The van der Waals surface area contributed by atoms with Gasteiger partial charge in [-0.2, -0.15) is 0 Å². The maximum absolute atomic E-state index is 13.6. The van der Waals surface area contributed by atoms with Crippen molar-refractivity contribution in [1.82, 2.24) is 4.98 Å². The summed E-state index contributed by atoms with van der Waals surface area (Å²) in [6.45, 7) is 2.02. The van der Waals surface area contributed by atoms with Crippen LogP contribution >= 0.6 is 34.8 Å². The third-order valence-corrected chi connectivity index (χ3v) is 6.19. The van der Waals surface area contributed by atoms with Crippen LogP contribution in [0.1, 0.15) is 16.7 Å². The van der Waals surface area contributed by atoms with E-state index in [1.54, 1.807) is 29.2 Å². The number of rotatable bonds is 2. The lowest BCUT2D eigenvalue weighted by Gasteiger charge is -2.20. The molecule has 0 spiro atoms. The number of pyridine rings is 1. The summed E-state index contributed by atoms with van der Waals surface area (Å²) in [5.41, 5.74) is 5.06. The molecule has 1 aromatic heterocycles. The number of amides is 1. The second-order valence-corrected chi connectivity index (χ2v) is 8.52. The van der Waals surface area contributed by atoms with Crippen molar-refractivity contribution in [3.8, 4) is 0 Å². The first-order valence-electron chi connectivity index (χ1n) is 9.60. The molecule has 4 aromatic rings. The van der Waals surface area contributed by atoms with E-state index in [2.05, 4.69) is 4.98 Å². The molecule has 3 nitrogen and oxygen atoms in total. The van der Waals surface area contributed by atoms with Gasteiger partial charge in [0.05, 0.1) is 32.5 Å². The first-order valence-corrected chi connectivity index (χ1v) is 10.7. The summed E-state index contributed by atoms with van der Waals surface area (Å²) in [6.07, 6.45) is 1.78. The fourth-order valence-electron chi connectivity index (χ4n) is 3.85. The molecular formula is C25H15Cl3N2O. The average Bonchev–Trinajstić information content (AvgIpc) is 3.01. The second kappa shape index (κ2) is 7.69. The van der Waals surface area contributed by atoms with Crippen LogP contribution in [0.5, 0.6) is 0 Å². The number of fused-ring (bicyclic) bond motifs is 2. The Balaban J connectivity index is 1.71. The fourth-order valence-corrected chi connectivity index (χ4v) is 4.62. The molecule has 31 heavy (non-hydrogen) atoms. The molecule has 6 heteroatoms. The molecule has 0 N–H and O–H groups in total. The molecule has 0 unspecified atom stereocenters. The quantitative estimate of drug-likeness (QED) is 0.224. The third kappa shape index (κ3) is 3.39. The maximum Gasteiger partial charge on any atom is 0.263 e. The van der Waals surface area contributed by atoms with Gasteiger partial charge >= 0.3 is 0 Å². The lowest BCUT2D eigenvalue weighted by atomic mass is 10.0. The molecule has 1 amide bonds. The van der Waals surface area contributed by atoms with Crippen LogP contribution < -0.4 is 4.90 Å². The van der Waals surface area contributed by atoms with Crippen molar-refractivity contribution in [2.75, 3.05) is 4.90 Å². The SMILES string of the molecule is Cc1ccc2nc(Cl)c(/C=C3/C(=O)N(c4c(Cl)cccc4Cl)c4ccccc43)cc2c1. The predicted octanol–water partition coefficient (Wildman–Crippen LogP) is 7.72. The molecule has 0 radical (unpaired) electrons. The highest BCUT2D eigenvalue weighted by molar-refractivity contribution is 6.45. The smallest absolute Gasteiger partial charge is 0.263 e. The van der Waals surface area contributed by atoms with E-state index in [4.69, 9.17) is 34.8 Å². The highest BCUT2D eigenvalue weighted by atomic mass is 35.5. The van der Waals surface area contributed by atoms with Gasteiger partial charge < -0.3 is 0 Å². The number of nitrogens with zero attached hydrogens (tertiary/aromatic N) is 2. The van der Waals surface area contributed by atoms with Gasteiger partial charge in [0, 0.05) is 16.5 Å². The van der Waals surface area contributed by atoms with Crippen LogP contribution in [0, 0.1) is 6.92 Å². The standard InChI is InChI=1S/C25H15Cl3N2O/c1-14-9-10-21-15(11-14)12-16(24(28)29-21)13-18-17-5-2-3-8-22(17)30(25(18)31)23-19(26)6-4-7-20(23)27/h2-13H,1H3/b18-13+. The number of carbonyl (C=O) groups is 1. The summed E-state index contributed by atoms with van der Waals surface area (Å²) in [6, 6.07) is 20.6. The summed E-state index contributed by atoms with van der Waals surface area (Å²) in [4.78, 5) is 19.6. The summed E-state index contributed by atoms with van der Waals surface area (Å²) < 4.78 is 0. The van der Waals surface area contributed by atoms with Crippen molar-refractivity contribution in [2.24, 2.45) is 0 Å². The zero-order valence-corrected chi connectivity index (χ0v) is 18.6. The Morgan fingerprint density at radius 1 is 0.903 bits per heavy atom. The number of aryl methyl sites for hydroxylation is 1. The summed E-state index contributed by atoms with van der Waals surface area (Å²) in [7, 11) is 0. The van der Waals surface area contributed by atoms with Crippen molar-refractivity contribution >= 4 is 74.6 Å². The Morgan fingerprint density at radius 3 is 2.42 bits per heavy atom. The van der Waals surface area contributed by atoms with Gasteiger partial charge in [-0.05, 0) is 49.4 Å². The van der Waals surface area contributed by atoms with Gasteiger partial charge in [0.2, 0.25) is 0 Å². The van der Waals surface area contributed by atoms with E-state index in [0.29, 0.717) is 32.0 Å². The molecule has 0 fully saturated rings. The molecule has 0 saturated heterocycles. The Hall–Kier alpha value is -2.85. The Morgan fingerprint density at radius 2 is 1.65 bits per heavy atom. The van der Waals surface area contributed by atoms with Gasteiger partial charge in [0.25, 0.3) is 5.91 Å². The first-order chi connectivity index (χ1) is 14.9. The normalized spacial score (nSPS) is 14.5. The van der Waals surface area contributed by atoms with Crippen molar-refractivity contribution < 1.29 is 4.79 Å². The topological polar surface area (TPSA) is 33.2 Å². The zero-order chi connectivity index (χ0) is 21.7. The molecule has 0 saturated carbocycles. The minimum atomic E-state index is -0.225. The van der Waals surface area contributed by atoms with E-state index >= 15 is 0 Å². The Kier molecular flexibility index (Phi) is 4.98.